The van der Waals surface area contributed by atoms with Crippen molar-refractivity contribution in [2.75, 3.05) is 23.9 Å². The lowest BCUT2D eigenvalue weighted by molar-refractivity contribution is -0.385. The molecule has 0 spiro atoms. The van der Waals surface area contributed by atoms with Crippen LogP contribution in [0.25, 0.3) is 0 Å². The SMILES string of the molecule is CSCCNc1c(F)cc([N+](=O)[O-])cc1F. The van der Waals surface area contributed by atoms with E-state index in [-0.39, 0.29) is 5.69 Å². The summed E-state index contributed by atoms with van der Waals surface area (Å²) >= 11 is 1.53. The van der Waals surface area contributed by atoms with E-state index in [4.69, 9.17) is 0 Å². The number of hydrogen-bond acceptors (Lipinski definition) is 4. The number of nitrogens with zero attached hydrogens (tertiary/aromatic N) is 1. The predicted octanol–water partition coefficient (Wildman–Crippen LogP) is 2.65. The molecule has 1 aromatic rings. The Hall–Kier alpha value is -1.37. The molecule has 0 atom stereocenters. The van der Waals surface area contributed by atoms with Crippen LogP contribution in [0.15, 0.2) is 12.1 Å². The molecule has 0 saturated carbocycles. The molecule has 0 bridgehead atoms. The second-order valence-electron chi connectivity index (χ2n) is 2.96. The molecule has 0 aliphatic heterocycles. The minimum absolute atomic E-state index is 0.320. The van der Waals surface area contributed by atoms with Crippen molar-refractivity contribution in [3.8, 4) is 0 Å². The van der Waals surface area contributed by atoms with Crippen LogP contribution in [-0.2, 0) is 0 Å². The smallest absolute Gasteiger partial charge is 0.275 e. The quantitative estimate of drug-likeness (QED) is 0.494. The first-order chi connectivity index (χ1) is 7.56. The minimum atomic E-state index is -0.951. The van der Waals surface area contributed by atoms with Crippen molar-refractivity contribution in [1.82, 2.24) is 0 Å². The second-order valence-corrected chi connectivity index (χ2v) is 3.95. The molecular weight excluding hydrogens is 238 g/mol. The van der Waals surface area contributed by atoms with Gasteiger partial charge in [0.2, 0.25) is 0 Å². The van der Waals surface area contributed by atoms with E-state index in [1.165, 1.54) is 11.8 Å². The number of nitro benzene ring substituents is 1. The summed E-state index contributed by atoms with van der Waals surface area (Å²) in [5.74, 6) is -1.21. The highest BCUT2D eigenvalue weighted by molar-refractivity contribution is 7.98. The molecule has 0 unspecified atom stereocenters. The molecule has 7 heteroatoms. The van der Waals surface area contributed by atoms with Crippen molar-refractivity contribution < 1.29 is 13.7 Å². The Morgan fingerprint density at radius 1 is 1.44 bits per heavy atom. The van der Waals surface area contributed by atoms with Crippen molar-refractivity contribution in [2.45, 2.75) is 0 Å². The van der Waals surface area contributed by atoms with Gasteiger partial charge in [-0.25, -0.2) is 8.78 Å². The number of benzene rings is 1. The molecule has 0 heterocycles. The molecule has 1 N–H and O–H groups in total. The zero-order valence-corrected chi connectivity index (χ0v) is 9.31. The first-order valence-corrected chi connectivity index (χ1v) is 5.82. The van der Waals surface area contributed by atoms with E-state index < -0.39 is 22.2 Å². The van der Waals surface area contributed by atoms with Crippen LogP contribution in [0.3, 0.4) is 0 Å². The molecule has 0 fully saturated rings. The number of anilines is 1. The predicted molar refractivity (Wildman–Crippen MR) is 59.9 cm³/mol. The zero-order chi connectivity index (χ0) is 12.1. The zero-order valence-electron chi connectivity index (χ0n) is 8.50. The largest absolute Gasteiger partial charge is 0.379 e. The van der Waals surface area contributed by atoms with Crippen molar-refractivity contribution in [3.05, 3.63) is 33.9 Å². The molecule has 0 aliphatic rings. The molecule has 88 valence electrons. The summed E-state index contributed by atoms with van der Waals surface area (Å²) < 4.78 is 26.6. The van der Waals surface area contributed by atoms with E-state index in [0.29, 0.717) is 24.4 Å². The van der Waals surface area contributed by atoms with Gasteiger partial charge in [0.05, 0.1) is 17.1 Å². The lowest BCUT2D eigenvalue weighted by Crippen LogP contribution is -2.08. The summed E-state index contributed by atoms with van der Waals surface area (Å²) in [6.07, 6.45) is 1.87. The van der Waals surface area contributed by atoms with Crippen molar-refractivity contribution >= 4 is 23.1 Å². The number of nitro groups is 1. The van der Waals surface area contributed by atoms with Gasteiger partial charge < -0.3 is 5.32 Å². The van der Waals surface area contributed by atoms with Crippen LogP contribution >= 0.6 is 11.8 Å². The van der Waals surface area contributed by atoms with Gasteiger partial charge in [-0.2, -0.15) is 11.8 Å². The highest BCUT2D eigenvalue weighted by Gasteiger charge is 2.16. The first-order valence-electron chi connectivity index (χ1n) is 4.42. The van der Waals surface area contributed by atoms with E-state index in [1.807, 2.05) is 6.26 Å². The van der Waals surface area contributed by atoms with Crippen LogP contribution in [0.1, 0.15) is 0 Å². The van der Waals surface area contributed by atoms with Gasteiger partial charge in [-0.15, -0.1) is 0 Å². The minimum Gasteiger partial charge on any atom is -0.379 e. The van der Waals surface area contributed by atoms with E-state index >= 15 is 0 Å². The number of rotatable bonds is 5. The van der Waals surface area contributed by atoms with E-state index in [1.54, 1.807) is 0 Å². The van der Waals surface area contributed by atoms with Gasteiger partial charge in [0.1, 0.15) is 5.69 Å². The maximum absolute atomic E-state index is 13.3. The maximum atomic E-state index is 13.3. The molecule has 0 saturated heterocycles. The second kappa shape index (κ2) is 5.64. The third kappa shape index (κ3) is 3.06. The Kier molecular flexibility index (Phi) is 4.48. The lowest BCUT2D eigenvalue weighted by Gasteiger charge is -2.07. The third-order valence-electron chi connectivity index (χ3n) is 1.85. The fourth-order valence-electron chi connectivity index (χ4n) is 1.11. The Labute approximate surface area is 95.2 Å². The highest BCUT2D eigenvalue weighted by atomic mass is 32.2. The van der Waals surface area contributed by atoms with E-state index in [0.717, 1.165) is 0 Å². The number of nitrogens with one attached hydrogen (secondary N) is 1. The fourth-order valence-corrected chi connectivity index (χ4v) is 1.42. The van der Waals surface area contributed by atoms with Crippen LogP contribution in [-0.4, -0.2) is 23.5 Å². The number of hydrogen-bond donors (Lipinski definition) is 1. The van der Waals surface area contributed by atoms with Gasteiger partial charge in [-0.3, -0.25) is 10.1 Å². The Balaban J connectivity index is 2.89. The summed E-state index contributed by atoms with van der Waals surface area (Å²) in [5.41, 5.74) is -0.912. The number of thioether (sulfide) groups is 1. The number of halogens is 2. The van der Waals surface area contributed by atoms with Gasteiger partial charge >= 0.3 is 0 Å². The average Bonchev–Trinajstić information content (AvgIpc) is 2.21. The van der Waals surface area contributed by atoms with Crippen molar-refractivity contribution in [3.63, 3.8) is 0 Å². The van der Waals surface area contributed by atoms with E-state index in [9.17, 15) is 18.9 Å². The molecule has 1 aromatic carbocycles. The molecule has 0 aliphatic carbocycles. The summed E-state index contributed by atoms with van der Waals surface area (Å²) in [7, 11) is 0. The Morgan fingerprint density at radius 2 is 2.00 bits per heavy atom. The lowest BCUT2D eigenvalue weighted by atomic mass is 10.2. The van der Waals surface area contributed by atoms with Gasteiger partial charge in [0, 0.05) is 12.3 Å². The van der Waals surface area contributed by atoms with Crippen LogP contribution in [0.4, 0.5) is 20.2 Å². The standard InChI is InChI=1S/C9H10F2N2O2S/c1-16-3-2-12-9-7(10)4-6(13(14)15)5-8(9)11/h4-5,12H,2-3H2,1H3. The average molecular weight is 248 g/mol. The molecule has 1 rings (SSSR count). The van der Waals surface area contributed by atoms with Crippen LogP contribution < -0.4 is 5.32 Å². The molecule has 0 aromatic heterocycles. The molecular formula is C9H10F2N2O2S. The van der Waals surface area contributed by atoms with Crippen LogP contribution in [0.5, 0.6) is 0 Å². The van der Waals surface area contributed by atoms with Crippen LogP contribution in [0, 0.1) is 21.7 Å². The third-order valence-corrected chi connectivity index (χ3v) is 2.46. The van der Waals surface area contributed by atoms with Gasteiger partial charge in [-0.1, -0.05) is 0 Å². The Bertz CT molecular complexity index is 378. The molecule has 16 heavy (non-hydrogen) atoms. The first kappa shape index (κ1) is 12.7. The Morgan fingerprint density at radius 3 is 2.44 bits per heavy atom. The topological polar surface area (TPSA) is 55.2 Å². The molecule has 0 amide bonds. The summed E-state index contributed by atoms with van der Waals surface area (Å²) in [6.45, 7) is 0.396. The fraction of sp³-hybridized carbons (Fsp3) is 0.333. The van der Waals surface area contributed by atoms with Crippen LogP contribution in [0.2, 0.25) is 0 Å². The normalized spacial score (nSPS) is 10.2. The van der Waals surface area contributed by atoms with Gasteiger partial charge in [0.15, 0.2) is 11.6 Å². The highest BCUT2D eigenvalue weighted by Crippen LogP contribution is 2.24. The van der Waals surface area contributed by atoms with Crippen molar-refractivity contribution in [1.29, 1.82) is 0 Å². The summed E-state index contributed by atoms with van der Waals surface area (Å²) in [4.78, 5) is 9.49. The molecule has 0 radical (unpaired) electrons. The van der Waals surface area contributed by atoms with Gasteiger partial charge in [-0.05, 0) is 6.26 Å². The summed E-state index contributed by atoms with van der Waals surface area (Å²) in [6, 6.07) is 1.40. The van der Waals surface area contributed by atoms with Crippen molar-refractivity contribution in [2.24, 2.45) is 0 Å². The van der Waals surface area contributed by atoms with Gasteiger partial charge in [0.25, 0.3) is 5.69 Å². The van der Waals surface area contributed by atoms with E-state index in [2.05, 4.69) is 5.32 Å². The monoisotopic (exact) mass is 248 g/mol. The molecule has 4 nitrogen and oxygen atoms in total. The summed E-state index contributed by atoms with van der Waals surface area (Å²) in [5, 5.41) is 12.9. The number of non-ortho nitro benzene ring substituents is 1. The maximum Gasteiger partial charge on any atom is 0.275 e.